The Morgan fingerprint density at radius 3 is 2.56 bits per heavy atom. The molecule has 1 unspecified atom stereocenters. The average molecular weight is 216 g/mol. The molecule has 0 bridgehead atoms. The van der Waals surface area contributed by atoms with Crippen molar-refractivity contribution in [1.82, 2.24) is 0 Å². The van der Waals surface area contributed by atoms with Gasteiger partial charge in [-0.15, -0.1) is 0 Å². The van der Waals surface area contributed by atoms with Gasteiger partial charge >= 0.3 is 0 Å². The van der Waals surface area contributed by atoms with Crippen LogP contribution in [0.15, 0.2) is 18.2 Å². The largest absolute Gasteiger partial charge is 0.299 e. The van der Waals surface area contributed by atoms with Gasteiger partial charge in [-0.1, -0.05) is 39.0 Å². The lowest BCUT2D eigenvalue weighted by atomic mass is 9.69. The molecule has 0 spiro atoms. The number of rotatable bonds is 0. The van der Waals surface area contributed by atoms with E-state index in [-0.39, 0.29) is 11.3 Å². The van der Waals surface area contributed by atoms with E-state index in [1.165, 1.54) is 16.7 Å². The Hall–Kier alpha value is -1.11. The molecule has 2 rings (SSSR count). The number of hydrogen-bond acceptors (Lipinski definition) is 1. The van der Waals surface area contributed by atoms with Crippen LogP contribution in [0.2, 0.25) is 0 Å². The first-order valence-corrected chi connectivity index (χ1v) is 5.99. The summed E-state index contributed by atoms with van der Waals surface area (Å²) >= 11 is 0. The van der Waals surface area contributed by atoms with Crippen molar-refractivity contribution in [3.05, 3.63) is 34.9 Å². The molecule has 0 aliphatic heterocycles. The van der Waals surface area contributed by atoms with Crippen LogP contribution in [0.1, 0.15) is 37.5 Å². The lowest BCUT2D eigenvalue weighted by molar-refractivity contribution is -0.125. The normalized spacial score (nSPS) is 20.8. The van der Waals surface area contributed by atoms with Crippen molar-refractivity contribution in [1.29, 1.82) is 0 Å². The Labute approximate surface area is 97.9 Å². The van der Waals surface area contributed by atoms with Crippen molar-refractivity contribution in [3.8, 4) is 0 Å². The van der Waals surface area contributed by atoms with Crippen LogP contribution >= 0.6 is 0 Å². The molecule has 0 N–H and O–H groups in total. The molecule has 1 heteroatoms. The van der Waals surface area contributed by atoms with Gasteiger partial charge in [0.05, 0.1) is 0 Å². The SMILES string of the molecule is Cc1cccc2c1CC(=O)C(C(C)(C)C)C2. The number of benzene rings is 1. The van der Waals surface area contributed by atoms with E-state index in [9.17, 15) is 4.79 Å². The molecule has 0 saturated carbocycles. The van der Waals surface area contributed by atoms with Gasteiger partial charge < -0.3 is 0 Å². The first kappa shape index (κ1) is 11.4. The van der Waals surface area contributed by atoms with E-state index >= 15 is 0 Å². The maximum absolute atomic E-state index is 12.2. The zero-order valence-electron chi connectivity index (χ0n) is 10.6. The first-order chi connectivity index (χ1) is 7.39. The summed E-state index contributed by atoms with van der Waals surface area (Å²) in [4.78, 5) is 12.2. The quantitative estimate of drug-likeness (QED) is 0.650. The number of hydrogen-bond donors (Lipinski definition) is 0. The molecule has 1 aliphatic rings. The predicted octanol–water partition coefficient (Wildman–Crippen LogP) is 3.33. The van der Waals surface area contributed by atoms with Gasteiger partial charge in [0.1, 0.15) is 5.78 Å². The number of fused-ring (bicyclic) bond motifs is 1. The number of aryl methyl sites for hydroxylation is 1. The van der Waals surface area contributed by atoms with Crippen molar-refractivity contribution < 1.29 is 4.79 Å². The second-order valence-electron chi connectivity index (χ2n) is 5.98. The molecule has 1 aromatic rings. The predicted molar refractivity (Wildman–Crippen MR) is 66.5 cm³/mol. The Balaban J connectivity index is 2.40. The summed E-state index contributed by atoms with van der Waals surface area (Å²) in [6, 6.07) is 6.38. The maximum atomic E-state index is 12.2. The first-order valence-electron chi connectivity index (χ1n) is 5.99. The second kappa shape index (κ2) is 3.73. The molecule has 0 amide bonds. The minimum Gasteiger partial charge on any atom is -0.299 e. The van der Waals surface area contributed by atoms with Gasteiger partial charge in [0, 0.05) is 12.3 Å². The molecular formula is C15H20O. The van der Waals surface area contributed by atoms with Crippen molar-refractivity contribution in [2.75, 3.05) is 0 Å². The Morgan fingerprint density at radius 1 is 1.25 bits per heavy atom. The zero-order chi connectivity index (χ0) is 11.9. The standard InChI is InChI=1S/C15H20O/c1-10-6-5-7-11-8-13(15(2,3)4)14(16)9-12(10)11/h5-7,13H,8-9H2,1-4H3. The summed E-state index contributed by atoms with van der Waals surface area (Å²) in [6.45, 7) is 8.59. The molecule has 0 saturated heterocycles. The van der Waals surface area contributed by atoms with Crippen LogP contribution in [0.3, 0.4) is 0 Å². The van der Waals surface area contributed by atoms with Gasteiger partial charge in [-0.2, -0.15) is 0 Å². The van der Waals surface area contributed by atoms with Crippen LogP contribution < -0.4 is 0 Å². The fourth-order valence-electron chi connectivity index (χ4n) is 2.63. The van der Waals surface area contributed by atoms with Gasteiger partial charge in [-0.25, -0.2) is 0 Å². The van der Waals surface area contributed by atoms with Gasteiger partial charge in [-0.3, -0.25) is 4.79 Å². The van der Waals surface area contributed by atoms with Gasteiger partial charge in [0.2, 0.25) is 0 Å². The van der Waals surface area contributed by atoms with Gasteiger partial charge in [0.15, 0.2) is 0 Å². The molecule has 1 atom stereocenters. The van der Waals surface area contributed by atoms with E-state index in [1.54, 1.807) is 0 Å². The molecule has 86 valence electrons. The van der Waals surface area contributed by atoms with Gasteiger partial charge in [0.25, 0.3) is 0 Å². The van der Waals surface area contributed by atoms with E-state index in [1.807, 2.05) is 0 Å². The number of ketones is 1. The third kappa shape index (κ3) is 1.91. The third-order valence-corrected chi connectivity index (χ3v) is 3.72. The zero-order valence-corrected chi connectivity index (χ0v) is 10.6. The fourth-order valence-corrected chi connectivity index (χ4v) is 2.63. The molecule has 1 nitrogen and oxygen atoms in total. The summed E-state index contributed by atoms with van der Waals surface area (Å²) in [7, 11) is 0. The Morgan fingerprint density at radius 2 is 1.94 bits per heavy atom. The van der Waals surface area contributed by atoms with Crippen LogP contribution in [0, 0.1) is 18.3 Å². The van der Waals surface area contributed by atoms with Crippen LogP contribution in [-0.2, 0) is 17.6 Å². The highest BCUT2D eigenvalue weighted by atomic mass is 16.1. The van der Waals surface area contributed by atoms with Crippen molar-refractivity contribution in [3.63, 3.8) is 0 Å². The Bertz CT molecular complexity index is 424. The average Bonchev–Trinajstić information content (AvgIpc) is 2.17. The highest BCUT2D eigenvalue weighted by Crippen LogP contribution is 2.35. The Kier molecular flexibility index (Phi) is 2.65. The molecule has 0 heterocycles. The van der Waals surface area contributed by atoms with E-state index in [2.05, 4.69) is 45.9 Å². The summed E-state index contributed by atoms with van der Waals surface area (Å²) in [5, 5.41) is 0. The van der Waals surface area contributed by atoms with Crippen molar-refractivity contribution in [2.24, 2.45) is 11.3 Å². The van der Waals surface area contributed by atoms with Crippen LogP contribution in [0.4, 0.5) is 0 Å². The summed E-state index contributed by atoms with van der Waals surface area (Å²) < 4.78 is 0. The number of carbonyl (C=O) groups is 1. The highest BCUT2D eigenvalue weighted by Gasteiger charge is 2.35. The van der Waals surface area contributed by atoms with E-state index in [0.29, 0.717) is 12.2 Å². The second-order valence-corrected chi connectivity index (χ2v) is 5.98. The van der Waals surface area contributed by atoms with Crippen LogP contribution in [0.5, 0.6) is 0 Å². The third-order valence-electron chi connectivity index (χ3n) is 3.72. The van der Waals surface area contributed by atoms with Crippen LogP contribution in [-0.4, -0.2) is 5.78 Å². The van der Waals surface area contributed by atoms with Crippen LogP contribution in [0.25, 0.3) is 0 Å². The molecule has 16 heavy (non-hydrogen) atoms. The van der Waals surface area contributed by atoms with Crippen molar-refractivity contribution in [2.45, 2.75) is 40.5 Å². The molecule has 0 aromatic heterocycles. The lowest BCUT2D eigenvalue weighted by Crippen LogP contribution is -2.35. The molecule has 0 fully saturated rings. The van der Waals surface area contributed by atoms with Gasteiger partial charge in [-0.05, 0) is 35.4 Å². The topological polar surface area (TPSA) is 17.1 Å². The smallest absolute Gasteiger partial charge is 0.141 e. The molecule has 1 aromatic carbocycles. The monoisotopic (exact) mass is 216 g/mol. The molecular weight excluding hydrogens is 196 g/mol. The molecule has 0 radical (unpaired) electrons. The summed E-state index contributed by atoms with van der Waals surface area (Å²) in [5.41, 5.74) is 3.99. The maximum Gasteiger partial charge on any atom is 0.141 e. The van der Waals surface area contributed by atoms with Crippen molar-refractivity contribution >= 4 is 5.78 Å². The van der Waals surface area contributed by atoms with E-state index in [4.69, 9.17) is 0 Å². The summed E-state index contributed by atoms with van der Waals surface area (Å²) in [5.74, 6) is 0.594. The van der Waals surface area contributed by atoms with E-state index < -0.39 is 0 Å². The number of carbonyl (C=O) groups excluding carboxylic acids is 1. The number of Topliss-reactive ketones (excluding diaryl/α,β-unsaturated/α-hetero) is 1. The molecule has 1 aliphatic carbocycles. The fraction of sp³-hybridized carbons (Fsp3) is 0.533. The minimum atomic E-state index is 0.0819. The summed E-state index contributed by atoms with van der Waals surface area (Å²) in [6.07, 6.45) is 1.54. The minimum absolute atomic E-state index is 0.0819. The van der Waals surface area contributed by atoms with E-state index in [0.717, 1.165) is 6.42 Å². The highest BCUT2D eigenvalue weighted by molar-refractivity contribution is 5.86. The lowest BCUT2D eigenvalue weighted by Gasteiger charge is -2.34.